The molecule has 1 atom stereocenters. The Kier molecular flexibility index (Phi) is 3.85. The van der Waals surface area contributed by atoms with E-state index in [4.69, 9.17) is 4.74 Å². The van der Waals surface area contributed by atoms with Crippen molar-refractivity contribution in [2.45, 2.75) is 32.8 Å². The summed E-state index contributed by atoms with van der Waals surface area (Å²) in [7, 11) is 0. The topological polar surface area (TPSA) is 21.3 Å². The summed E-state index contributed by atoms with van der Waals surface area (Å²) >= 11 is 0. The molecule has 1 fully saturated rings. The maximum absolute atomic E-state index is 5.91. The van der Waals surface area contributed by atoms with Crippen LogP contribution in [0.25, 0.3) is 0 Å². The molecule has 1 unspecified atom stereocenters. The second kappa shape index (κ2) is 5.19. The summed E-state index contributed by atoms with van der Waals surface area (Å²) in [6.45, 7) is 9.32. The van der Waals surface area contributed by atoms with E-state index in [2.05, 4.69) is 50.4 Å². The lowest BCUT2D eigenvalue weighted by Gasteiger charge is -2.35. The fourth-order valence-corrected chi connectivity index (χ4v) is 2.38. The molecule has 94 valence electrons. The van der Waals surface area contributed by atoms with Gasteiger partial charge >= 0.3 is 0 Å². The highest BCUT2D eigenvalue weighted by atomic mass is 16.5. The molecule has 2 rings (SSSR count). The van der Waals surface area contributed by atoms with E-state index in [-0.39, 0.29) is 5.60 Å². The number of rotatable bonds is 3. The Labute approximate surface area is 104 Å². The van der Waals surface area contributed by atoms with Gasteiger partial charge in [0.15, 0.2) is 0 Å². The standard InChI is InChI=1S/C15H23NO/c1-12(2)10-13-4-6-14(7-5-13)15(3)11-16-8-9-17-15/h4-7,12,16H,8-11H2,1-3H3. The van der Waals surface area contributed by atoms with Gasteiger partial charge in [-0.1, -0.05) is 38.1 Å². The Balaban J connectivity index is 2.11. The molecular formula is C15H23NO. The van der Waals surface area contributed by atoms with Crippen LogP contribution in [0.15, 0.2) is 24.3 Å². The number of ether oxygens (including phenoxy) is 1. The molecule has 0 spiro atoms. The van der Waals surface area contributed by atoms with Crippen LogP contribution in [0.2, 0.25) is 0 Å². The van der Waals surface area contributed by atoms with E-state index in [0.29, 0.717) is 5.92 Å². The lowest BCUT2D eigenvalue weighted by Crippen LogP contribution is -2.45. The van der Waals surface area contributed by atoms with Crippen LogP contribution in [-0.4, -0.2) is 19.7 Å². The SMILES string of the molecule is CC(C)Cc1ccc(C2(C)CNCCO2)cc1. The first kappa shape index (κ1) is 12.6. The highest BCUT2D eigenvalue weighted by molar-refractivity contribution is 5.28. The molecule has 17 heavy (non-hydrogen) atoms. The Hall–Kier alpha value is -0.860. The predicted octanol–water partition coefficient (Wildman–Crippen LogP) is 2.72. The minimum Gasteiger partial charge on any atom is -0.368 e. The zero-order chi connectivity index (χ0) is 12.3. The first-order chi connectivity index (χ1) is 8.10. The van der Waals surface area contributed by atoms with Gasteiger partial charge in [0.25, 0.3) is 0 Å². The Morgan fingerprint density at radius 3 is 2.53 bits per heavy atom. The van der Waals surface area contributed by atoms with E-state index < -0.39 is 0 Å². The van der Waals surface area contributed by atoms with Gasteiger partial charge in [0.1, 0.15) is 5.60 Å². The van der Waals surface area contributed by atoms with Crippen LogP contribution >= 0.6 is 0 Å². The minimum atomic E-state index is -0.158. The van der Waals surface area contributed by atoms with Gasteiger partial charge < -0.3 is 10.1 Å². The summed E-state index contributed by atoms with van der Waals surface area (Å²) in [5, 5.41) is 3.40. The van der Waals surface area contributed by atoms with Crippen LogP contribution in [0.4, 0.5) is 0 Å². The van der Waals surface area contributed by atoms with Gasteiger partial charge in [-0.15, -0.1) is 0 Å². The smallest absolute Gasteiger partial charge is 0.103 e. The molecule has 0 saturated carbocycles. The third-order valence-electron chi connectivity index (χ3n) is 3.37. The molecule has 1 heterocycles. The van der Waals surface area contributed by atoms with Crippen molar-refractivity contribution in [2.75, 3.05) is 19.7 Å². The number of morpholine rings is 1. The van der Waals surface area contributed by atoms with Gasteiger partial charge in [0.2, 0.25) is 0 Å². The molecule has 1 aromatic carbocycles. The van der Waals surface area contributed by atoms with Crippen molar-refractivity contribution in [3.8, 4) is 0 Å². The van der Waals surface area contributed by atoms with E-state index >= 15 is 0 Å². The van der Waals surface area contributed by atoms with Crippen LogP contribution in [0.3, 0.4) is 0 Å². The number of nitrogens with one attached hydrogen (secondary N) is 1. The zero-order valence-corrected chi connectivity index (χ0v) is 11.1. The first-order valence-corrected chi connectivity index (χ1v) is 6.54. The maximum Gasteiger partial charge on any atom is 0.103 e. The highest BCUT2D eigenvalue weighted by Crippen LogP contribution is 2.26. The van der Waals surface area contributed by atoms with E-state index in [0.717, 1.165) is 26.1 Å². The van der Waals surface area contributed by atoms with Gasteiger partial charge in [0.05, 0.1) is 6.61 Å². The van der Waals surface area contributed by atoms with Gasteiger partial charge in [-0.2, -0.15) is 0 Å². The van der Waals surface area contributed by atoms with Crippen LogP contribution in [0, 0.1) is 5.92 Å². The fraction of sp³-hybridized carbons (Fsp3) is 0.600. The van der Waals surface area contributed by atoms with Crippen molar-refractivity contribution < 1.29 is 4.74 Å². The summed E-state index contributed by atoms with van der Waals surface area (Å²) < 4.78 is 5.91. The second-order valence-corrected chi connectivity index (χ2v) is 5.55. The van der Waals surface area contributed by atoms with Crippen LogP contribution in [-0.2, 0) is 16.8 Å². The molecule has 2 nitrogen and oxygen atoms in total. The minimum absolute atomic E-state index is 0.158. The van der Waals surface area contributed by atoms with Gasteiger partial charge in [-0.05, 0) is 30.4 Å². The Morgan fingerprint density at radius 1 is 1.29 bits per heavy atom. The highest BCUT2D eigenvalue weighted by Gasteiger charge is 2.29. The predicted molar refractivity (Wildman–Crippen MR) is 71.2 cm³/mol. The van der Waals surface area contributed by atoms with Crippen LogP contribution in [0.1, 0.15) is 31.9 Å². The summed E-state index contributed by atoms with van der Waals surface area (Å²) in [4.78, 5) is 0. The van der Waals surface area contributed by atoms with Crippen molar-refractivity contribution in [2.24, 2.45) is 5.92 Å². The third kappa shape index (κ3) is 3.08. The average molecular weight is 233 g/mol. The summed E-state index contributed by atoms with van der Waals surface area (Å²) in [5.41, 5.74) is 2.53. The van der Waals surface area contributed by atoms with E-state index in [1.165, 1.54) is 11.1 Å². The van der Waals surface area contributed by atoms with Crippen LogP contribution in [0.5, 0.6) is 0 Å². The summed E-state index contributed by atoms with van der Waals surface area (Å²) in [6.07, 6.45) is 1.15. The molecule has 2 heteroatoms. The summed E-state index contributed by atoms with van der Waals surface area (Å²) in [5.74, 6) is 0.712. The molecule has 0 radical (unpaired) electrons. The molecule has 1 saturated heterocycles. The number of benzene rings is 1. The van der Waals surface area contributed by atoms with Crippen molar-refractivity contribution in [1.82, 2.24) is 5.32 Å². The molecule has 0 aromatic heterocycles. The molecule has 1 N–H and O–H groups in total. The third-order valence-corrected chi connectivity index (χ3v) is 3.37. The Bertz CT molecular complexity index is 350. The lowest BCUT2D eigenvalue weighted by molar-refractivity contribution is -0.0572. The molecule has 1 aliphatic rings. The lowest BCUT2D eigenvalue weighted by atomic mass is 9.92. The second-order valence-electron chi connectivity index (χ2n) is 5.55. The normalized spacial score (nSPS) is 25.2. The van der Waals surface area contributed by atoms with Crippen molar-refractivity contribution in [3.05, 3.63) is 35.4 Å². The summed E-state index contributed by atoms with van der Waals surface area (Å²) in [6, 6.07) is 8.90. The van der Waals surface area contributed by atoms with Gasteiger partial charge in [-0.25, -0.2) is 0 Å². The fourth-order valence-electron chi connectivity index (χ4n) is 2.38. The number of hydrogen-bond donors (Lipinski definition) is 1. The molecule has 1 aromatic rings. The molecule has 0 bridgehead atoms. The van der Waals surface area contributed by atoms with Crippen molar-refractivity contribution >= 4 is 0 Å². The van der Waals surface area contributed by atoms with E-state index in [1.54, 1.807) is 0 Å². The van der Waals surface area contributed by atoms with Crippen molar-refractivity contribution in [1.29, 1.82) is 0 Å². The molecular weight excluding hydrogens is 210 g/mol. The average Bonchev–Trinajstić information content (AvgIpc) is 2.30. The van der Waals surface area contributed by atoms with Gasteiger partial charge in [-0.3, -0.25) is 0 Å². The first-order valence-electron chi connectivity index (χ1n) is 6.54. The molecule has 0 aliphatic carbocycles. The maximum atomic E-state index is 5.91. The van der Waals surface area contributed by atoms with E-state index in [1.807, 2.05) is 0 Å². The quantitative estimate of drug-likeness (QED) is 0.866. The van der Waals surface area contributed by atoms with E-state index in [9.17, 15) is 0 Å². The molecule has 0 amide bonds. The molecule has 1 aliphatic heterocycles. The van der Waals surface area contributed by atoms with Crippen LogP contribution < -0.4 is 5.32 Å². The zero-order valence-electron chi connectivity index (χ0n) is 11.1. The monoisotopic (exact) mass is 233 g/mol. The van der Waals surface area contributed by atoms with Gasteiger partial charge in [0, 0.05) is 13.1 Å². The number of hydrogen-bond acceptors (Lipinski definition) is 2. The van der Waals surface area contributed by atoms with Crippen molar-refractivity contribution in [3.63, 3.8) is 0 Å². The largest absolute Gasteiger partial charge is 0.368 e. The Morgan fingerprint density at radius 2 is 2.00 bits per heavy atom.